The third-order valence-electron chi connectivity index (χ3n) is 4.48. The number of nitrogens with one attached hydrogen (secondary N) is 1. The van der Waals surface area contributed by atoms with Crippen LogP contribution in [0.3, 0.4) is 0 Å². The molecule has 4 aromatic rings. The van der Waals surface area contributed by atoms with Crippen molar-refractivity contribution in [2.24, 2.45) is 0 Å². The molecule has 0 atom stereocenters. The van der Waals surface area contributed by atoms with Crippen LogP contribution < -0.4 is 14.8 Å². The molecule has 0 unspecified atom stereocenters. The molecule has 0 aliphatic heterocycles. The Labute approximate surface area is 203 Å². The van der Waals surface area contributed by atoms with Crippen LogP contribution in [0.5, 0.6) is 17.2 Å². The summed E-state index contributed by atoms with van der Waals surface area (Å²) in [4.78, 5) is 12.5. The maximum atomic E-state index is 12.5. The highest BCUT2D eigenvalue weighted by Crippen LogP contribution is 2.32. The van der Waals surface area contributed by atoms with E-state index in [0.29, 0.717) is 39.3 Å². The van der Waals surface area contributed by atoms with Gasteiger partial charge in [-0.25, -0.2) is 0 Å². The molecule has 0 saturated heterocycles. The normalized spacial score (nSPS) is 10.3. The fraction of sp³-hybridized carbons (Fsp3) is 0.0400. The van der Waals surface area contributed by atoms with E-state index in [9.17, 15) is 4.79 Å². The Morgan fingerprint density at radius 1 is 1.00 bits per heavy atom. The molecule has 8 heteroatoms. The molecule has 3 aromatic carbocycles. The second-order valence-corrected chi connectivity index (χ2v) is 8.17. The number of hydrogen-bond donors (Lipinski definition) is 1. The van der Waals surface area contributed by atoms with E-state index >= 15 is 0 Å². The zero-order chi connectivity index (χ0) is 23.2. The van der Waals surface area contributed by atoms with Crippen LogP contribution in [0, 0.1) is 11.3 Å². The third-order valence-corrected chi connectivity index (χ3v) is 5.31. The van der Waals surface area contributed by atoms with Crippen LogP contribution in [0.1, 0.15) is 21.9 Å². The van der Waals surface area contributed by atoms with E-state index in [-0.39, 0.29) is 12.4 Å². The first-order valence-corrected chi connectivity index (χ1v) is 10.9. The van der Waals surface area contributed by atoms with Crippen molar-refractivity contribution >= 4 is 39.1 Å². The Morgan fingerprint density at radius 2 is 1.73 bits per heavy atom. The van der Waals surface area contributed by atoms with Gasteiger partial charge in [0.25, 0.3) is 5.91 Å². The minimum Gasteiger partial charge on any atom is -0.486 e. The van der Waals surface area contributed by atoms with Gasteiger partial charge in [0.2, 0.25) is 0 Å². The van der Waals surface area contributed by atoms with Gasteiger partial charge in [0.15, 0.2) is 5.76 Å². The number of carbonyl (C=O) groups is 1. The van der Waals surface area contributed by atoms with Crippen LogP contribution in [-0.4, -0.2) is 5.91 Å². The number of furan rings is 1. The zero-order valence-corrected chi connectivity index (χ0v) is 19.4. The van der Waals surface area contributed by atoms with Crippen molar-refractivity contribution in [1.82, 2.24) is 0 Å². The van der Waals surface area contributed by atoms with Crippen molar-refractivity contribution in [2.75, 3.05) is 5.32 Å². The Bertz CT molecular complexity index is 1310. The molecular formula is C25H16BrClN2O4. The number of rotatable bonds is 7. The predicted octanol–water partition coefficient (Wildman–Crippen LogP) is 7.19. The second kappa shape index (κ2) is 10.3. The van der Waals surface area contributed by atoms with Crippen LogP contribution in [0.15, 0.2) is 87.8 Å². The van der Waals surface area contributed by atoms with Gasteiger partial charge in [0, 0.05) is 10.2 Å². The van der Waals surface area contributed by atoms with E-state index in [1.807, 2.05) is 30.3 Å². The summed E-state index contributed by atoms with van der Waals surface area (Å²) in [5.41, 5.74) is 1.02. The van der Waals surface area contributed by atoms with Gasteiger partial charge in [-0.2, -0.15) is 5.26 Å². The molecule has 0 radical (unpaired) electrons. The van der Waals surface area contributed by atoms with Gasteiger partial charge in [-0.05, 0) is 78.9 Å². The monoisotopic (exact) mass is 522 g/mol. The van der Waals surface area contributed by atoms with Crippen molar-refractivity contribution in [3.63, 3.8) is 0 Å². The highest BCUT2D eigenvalue weighted by Gasteiger charge is 2.13. The van der Waals surface area contributed by atoms with Crippen LogP contribution >= 0.6 is 27.5 Å². The average molecular weight is 524 g/mol. The fourth-order valence-electron chi connectivity index (χ4n) is 2.84. The highest BCUT2D eigenvalue weighted by molar-refractivity contribution is 9.10. The van der Waals surface area contributed by atoms with E-state index in [2.05, 4.69) is 21.2 Å². The van der Waals surface area contributed by atoms with Gasteiger partial charge in [0.05, 0.1) is 16.7 Å². The smallest absolute Gasteiger partial charge is 0.291 e. The maximum absolute atomic E-state index is 12.5. The lowest BCUT2D eigenvalue weighted by Crippen LogP contribution is -2.10. The standard InChI is InChI=1S/C25H16BrClN2O4/c26-17-3-8-19(9-4-17)31-15-21-10-12-24(33-21)25(30)29-18-5-11-23(22(27)13-18)32-20-6-1-16(14-28)2-7-20/h1-13H,15H2,(H,29,30). The first kappa shape index (κ1) is 22.5. The van der Waals surface area contributed by atoms with Crippen LogP contribution in [0.2, 0.25) is 5.02 Å². The van der Waals surface area contributed by atoms with E-state index in [0.717, 1.165) is 4.47 Å². The topological polar surface area (TPSA) is 84.5 Å². The zero-order valence-electron chi connectivity index (χ0n) is 17.0. The Balaban J connectivity index is 1.35. The Hall–Kier alpha value is -3.73. The molecule has 164 valence electrons. The molecule has 0 spiro atoms. The lowest BCUT2D eigenvalue weighted by molar-refractivity contribution is 0.0992. The Kier molecular flexibility index (Phi) is 6.98. The van der Waals surface area contributed by atoms with Gasteiger partial charge in [-0.3, -0.25) is 4.79 Å². The lowest BCUT2D eigenvalue weighted by atomic mass is 10.2. The van der Waals surface area contributed by atoms with Crippen LogP contribution in [0.4, 0.5) is 5.69 Å². The van der Waals surface area contributed by atoms with Gasteiger partial charge >= 0.3 is 0 Å². The summed E-state index contributed by atoms with van der Waals surface area (Å²) in [7, 11) is 0. The number of hydrogen-bond acceptors (Lipinski definition) is 5. The molecule has 33 heavy (non-hydrogen) atoms. The molecule has 0 bridgehead atoms. The van der Waals surface area contributed by atoms with Gasteiger partial charge < -0.3 is 19.2 Å². The molecule has 1 amide bonds. The quantitative estimate of drug-likeness (QED) is 0.277. The van der Waals surface area contributed by atoms with Crippen LogP contribution in [0.25, 0.3) is 0 Å². The third kappa shape index (κ3) is 5.95. The number of nitriles is 1. The highest BCUT2D eigenvalue weighted by atomic mass is 79.9. The summed E-state index contributed by atoms with van der Waals surface area (Å²) in [6.45, 7) is 0.197. The minimum absolute atomic E-state index is 0.151. The van der Waals surface area contributed by atoms with E-state index in [4.69, 9.17) is 30.8 Å². The summed E-state index contributed by atoms with van der Waals surface area (Å²) in [5.74, 6) is 1.91. The van der Waals surface area contributed by atoms with Gasteiger partial charge in [-0.1, -0.05) is 27.5 Å². The number of carbonyl (C=O) groups excluding carboxylic acids is 1. The second-order valence-electron chi connectivity index (χ2n) is 6.85. The molecule has 0 saturated carbocycles. The van der Waals surface area contributed by atoms with Crippen molar-refractivity contribution in [2.45, 2.75) is 6.61 Å². The molecule has 6 nitrogen and oxygen atoms in total. The van der Waals surface area contributed by atoms with Crippen molar-refractivity contribution < 1.29 is 18.7 Å². The first-order chi connectivity index (χ1) is 16.0. The molecule has 1 aromatic heterocycles. The molecule has 0 fully saturated rings. The van der Waals surface area contributed by atoms with Gasteiger partial charge in [-0.15, -0.1) is 0 Å². The van der Waals surface area contributed by atoms with Crippen molar-refractivity contribution in [3.05, 3.63) is 105 Å². The Morgan fingerprint density at radius 3 is 2.42 bits per heavy atom. The largest absolute Gasteiger partial charge is 0.486 e. The lowest BCUT2D eigenvalue weighted by Gasteiger charge is -2.10. The molecule has 1 N–H and O–H groups in total. The van der Waals surface area contributed by atoms with Crippen molar-refractivity contribution in [3.8, 4) is 23.3 Å². The summed E-state index contributed by atoms with van der Waals surface area (Å²) in [6.07, 6.45) is 0. The summed E-state index contributed by atoms with van der Waals surface area (Å²) < 4.78 is 17.9. The SMILES string of the molecule is N#Cc1ccc(Oc2ccc(NC(=O)c3ccc(COc4ccc(Br)cc4)o3)cc2Cl)cc1. The first-order valence-electron chi connectivity index (χ1n) is 9.76. The number of amides is 1. The number of anilines is 1. The molecule has 4 rings (SSSR count). The van der Waals surface area contributed by atoms with E-state index < -0.39 is 5.91 Å². The predicted molar refractivity (Wildman–Crippen MR) is 128 cm³/mol. The minimum atomic E-state index is -0.415. The summed E-state index contributed by atoms with van der Waals surface area (Å²) >= 11 is 9.68. The molecule has 1 heterocycles. The molecule has 0 aliphatic carbocycles. The van der Waals surface area contributed by atoms with Crippen molar-refractivity contribution in [1.29, 1.82) is 5.26 Å². The van der Waals surface area contributed by atoms with E-state index in [1.165, 1.54) is 0 Å². The average Bonchev–Trinajstić information content (AvgIpc) is 3.30. The van der Waals surface area contributed by atoms with Crippen LogP contribution in [-0.2, 0) is 6.61 Å². The maximum Gasteiger partial charge on any atom is 0.291 e. The molecule has 0 aliphatic rings. The fourth-order valence-corrected chi connectivity index (χ4v) is 3.32. The summed E-state index contributed by atoms with van der Waals surface area (Å²) in [5, 5.41) is 11.9. The summed E-state index contributed by atoms with van der Waals surface area (Å²) in [6, 6.07) is 24.3. The molecular weight excluding hydrogens is 508 g/mol. The number of nitrogens with zero attached hydrogens (tertiary/aromatic N) is 1. The number of ether oxygens (including phenoxy) is 2. The van der Waals surface area contributed by atoms with Gasteiger partial charge in [0.1, 0.15) is 29.6 Å². The number of benzene rings is 3. The van der Waals surface area contributed by atoms with E-state index in [1.54, 1.807) is 54.6 Å². The number of halogens is 2.